The fraction of sp³-hybridized carbons (Fsp3) is 0.474. The average Bonchev–Trinajstić information content (AvgIpc) is 3.38. The van der Waals surface area contributed by atoms with E-state index in [4.69, 9.17) is 0 Å². The minimum absolute atomic E-state index is 0.0445. The van der Waals surface area contributed by atoms with Gasteiger partial charge in [-0.1, -0.05) is 71.8 Å². The van der Waals surface area contributed by atoms with E-state index in [0.29, 0.717) is 23.5 Å². The summed E-state index contributed by atoms with van der Waals surface area (Å²) >= 11 is 0. The number of carbonyl (C=O) groups is 2. The maximum Gasteiger partial charge on any atom is 0.229 e. The molecule has 4 aliphatic rings. The summed E-state index contributed by atoms with van der Waals surface area (Å²) in [6, 6.07) is 26.7. The molecular weight excluding hydrogens is 544 g/mol. The summed E-state index contributed by atoms with van der Waals surface area (Å²) in [5.41, 5.74) is 6.32. The molecule has 0 aromatic heterocycles. The van der Waals surface area contributed by atoms with Crippen LogP contribution in [0.15, 0.2) is 72.8 Å². The van der Waals surface area contributed by atoms with Gasteiger partial charge in [0, 0.05) is 24.2 Å². The monoisotopic (exact) mass is 590 g/mol. The molecule has 230 valence electrons. The number of nitrogens with one attached hydrogen (secondary N) is 2. The Kier molecular flexibility index (Phi) is 7.84. The van der Waals surface area contributed by atoms with Crippen LogP contribution in [0.25, 0.3) is 0 Å². The first kappa shape index (κ1) is 29.2. The van der Waals surface area contributed by atoms with Crippen LogP contribution in [-0.2, 0) is 9.59 Å². The van der Waals surface area contributed by atoms with Crippen LogP contribution in [0.5, 0.6) is 0 Å². The lowest BCUT2D eigenvalue weighted by atomic mass is 9.75. The quantitative estimate of drug-likeness (QED) is 0.335. The Morgan fingerprint density at radius 1 is 0.591 bits per heavy atom. The summed E-state index contributed by atoms with van der Waals surface area (Å²) in [7, 11) is 4.36. The van der Waals surface area contributed by atoms with Gasteiger partial charge in [0.2, 0.25) is 11.8 Å². The maximum absolute atomic E-state index is 14.2. The molecule has 6 nitrogen and oxygen atoms in total. The van der Waals surface area contributed by atoms with Crippen LogP contribution in [-0.4, -0.2) is 59.9 Å². The second kappa shape index (κ2) is 11.8. The van der Waals surface area contributed by atoms with Crippen LogP contribution < -0.4 is 10.6 Å². The average molecular weight is 591 g/mol. The number of nitrogens with zero attached hydrogens (tertiary/aromatic N) is 2. The molecule has 0 aliphatic carbocycles. The lowest BCUT2D eigenvalue weighted by Gasteiger charge is -2.43. The summed E-state index contributed by atoms with van der Waals surface area (Å²) in [5, 5.41) is 6.61. The normalized spacial score (nSPS) is 31.5. The van der Waals surface area contributed by atoms with Gasteiger partial charge in [-0.25, -0.2) is 0 Å². The van der Waals surface area contributed by atoms with E-state index in [9.17, 15) is 9.59 Å². The van der Waals surface area contributed by atoms with Crippen molar-refractivity contribution in [1.29, 1.82) is 0 Å². The highest BCUT2D eigenvalue weighted by atomic mass is 16.2. The molecular formula is C38H46N4O2. The minimum atomic E-state index is -0.154. The third-order valence-electron chi connectivity index (χ3n) is 11.6. The van der Waals surface area contributed by atoms with Crippen molar-refractivity contribution in [2.45, 2.75) is 88.4 Å². The number of benzene rings is 3. The number of hydrogen-bond donors (Lipinski definition) is 2. The molecule has 4 saturated heterocycles. The van der Waals surface area contributed by atoms with Crippen LogP contribution in [0, 0.1) is 25.7 Å². The van der Waals surface area contributed by atoms with Crippen molar-refractivity contribution in [3.63, 3.8) is 0 Å². The van der Waals surface area contributed by atoms with Crippen molar-refractivity contribution < 1.29 is 9.59 Å². The van der Waals surface area contributed by atoms with E-state index in [1.54, 1.807) is 0 Å². The Hall–Kier alpha value is -3.48. The number of anilines is 2. The van der Waals surface area contributed by atoms with E-state index in [1.165, 1.54) is 22.3 Å². The van der Waals surface area contributed by atoms with Gasteiger partial charge in [-0.05, 0) is 102 Å². The van der Waals surface area contributed by atoms with Crippen LogP contribution >= 0.6 is 0 Å². The minimum Gasteiger partial charge on any atom is -0.324 e. The van der Waals surface area contributed by atoms with Gasteiger partial charge in [0.25, 0.3) is 0 Å². The molecule has 3 aromatic rings. The molecule has 3 aromatic carbocycles. The molecule has 44 heavy (non-hydrogen) atoms. The van der Waals surface area contributed by atoms with E-state index in [-0.39, 0.29) is 47.6 Å². The molecule has 8 unspecified atom stereocenters. The zero-order chi connectivity index (χ0) is 30.5. The van der Waals surface area contributed by atoms with E-state index < -0.39 is 0 Å². The Labute approximate surface area is 262 Å². The van der Waals surface area contributed by atoms with Crippen LogP contribution in [0.3, 0.4) is 0 Å². The third kappa shape index (κ3) is 5.26. The molecule has 4 heterocycles. The van der Waals surface area contributed by atoms with Gasteiger partial charge in [-0.15, -0.1) is 0 Å². The van der Waals surface area contributed by atoms with Gasteiger partial charge >= 0.3 is 0 Å². The second-order valence-corrected chi connectivity index (χ2v) is 14.0. The molecule has 8 atom stereocenters. The molecule has 7 rings (SSSR count). The van der Waals surface area contributed by atoms with Gasteiger partial charge in [-0.2, -0.15) is 0 Å². The number of fused-ring (bicyclic) bond motifs is 4. The number of aryl methyl sites for hydroxylation is 2. The van der Waals surface area contributed by atoms with Crippen molar-refractivity contribution in [3.05, 3.63) is 95.1 Å². The fourth-order valence-electron chi connectivity index (χ4n) is 9.09. The number of carbonyl (C=O) groups excluding carboxylic acids is 2. The van der Waals surface area contributed by atoms with Crippen LogP contribution in [0.1, 0.15) is 72.6 Å². The number of rotatable bonds is 6. The highest BCUT2D eigenvalue weighted by Gasteiger charge is 2.50. The highest BCUT2D eigenvalue weighted by molar-refractivity contribution is 6.02. The predicted molar refractivity (Wildman–Crippen MR) is 177 cm³/mol. The van der Waals surface area contributed by atoms with E-state index in [2.05, 4.69) is 96.9 Å². The summed E-state index contributed by atoms with van der Waals surface area (Å²) in [4.78, 5) is 33.4. The molecule has 4 bridgehead atoms. The maximum atomic E-state index is 14.2. The zero-order valence-corrected chi connectivity index (χ0v) is 26.5. The highest BCUT2D eigenvalue weighted by Crippen LogP contribution is 2.48. The zero-order valence-electron chi connectivity index (χ0n) is 26.5. The summed E-state index contributed by atoms with van der Waals surface area (Å²) in [6.45, 7) is 4.22. The topological polar surface area (TPSA) is 64.7 Å². The smallest absolute Gasteiger partial charge is 0.229 e. The first-order valence-corrected chi connectivity index (χ1v) is 16.6. The van der Waals surface area contributed by atoms with Gasteiger partial charge in [0.05, 0.1) is 23.2 Å². The van der Waals surface area contributed by atoms with Crippen LogP contribution in [0.2, 0.25) is 0 Å². The predicted octanol–water partition coefficient (Wildman–Crippen LogP) is 6.71. The van der Waals surface area contributed by atoms with Crippen molar-refractivity contribution >= 4 is 23.2 Å². The molecule has 2 amide bonds. The lowest BCUT2D eigenvalue weighted by molar-refractivity contribution is -0.125. The fourth-order valence-corrected chi connectivity index (χ4v) is 9.09. The standard InChI is InChI=1S/C38H46N4O2/c1-23-9-13-25(14-10-23)29-21-27-17-19-33(41(27)3)35(29)37(43)39-31-7-5-6-8-32(31)40-38(44)36-30(26-15-11-24(2)12-16-26)22-28-18-20-34(36)42(28)4/h5-16,27-30,33-36H,17-22H2,1-4H3,(H,39,43)(H,40,44). The van der Waals surface area contributed by atoms with Gasteiger partial charge in [0.1, 0.15) is 0 Å². The number of hydrogen-bond acceptors (Lipinski definition) is 4. The second-order valence-electron chi connectivity index (χ2n) is 14.0. The Morgan fingerprint density at radius 2 is 0.977 bits per heavy atom. The summed E-state index contributed by atoms with van der Waals surface area (Å²) < 4.78 is 0. The van der Waals surface area contributed by atoms with Gasteiger partial charge in [0.15, 0.2) is 0 Å². The Balaban J connectivity index is 1.14. The number of piperidine rings is 2. The SMILES string of the molecule is Cc1ccc(C2CC3CCC(C2C(=O)Nc2ccccc2NC(=O)C2C(c4ccc(C)cc4)CC4CCC2N4C)N3C)cc1. The van der Waals surface area contributed by atoms with Gasteiger partial charge < -0.3 is 10.6 Å². The largest absolute Gasteiger partial charge is 0.324 e. The van der Waals surface area contributed by atoms with Crippen molar-refractivity contribution in [1.82, 2.24) is 9.80 Å². The van der Waals surface area contributed by atoms with E-state index in [0.717, 1.165) is 38.5 Å². The molecule has 6 heteroatoms. The Bertz CT molecular complexity index is 1400. The molecule has 4 fully saturated rings. The number of amides is 2. The van der Waals surface area contributed by atoms with E-state index in [1.807, 2.05) is 24.3 Å². The van der Waals surface area contributed by atoms with Crippen molar-refractivity contribution in [3.8, 4) is 0 Å². The number of para-hydroxylation sites is 2. The van der Waals surface area contributed by atoms with E-state index >= 15 is 0 Å². The molecule has 4 aliphatic heterocycles. The van der Waals surface area contributed by atoms with Gasteiger partial charge in [-0.3, -0.25) is 19.4 Å². The molecule has 0 radical (unpaired) electrons. The molecule has 0 spiro atoms. The Morgan fingerprint density at radius 3 is 1.36 bits per heavy atom. The summed E-state index contributed by atoms with van der Waals surface area (Å²) in [6.07, 6.45) is 6.34. The van der Waals surface area contributed by atoms with Crippen LogP contribution in [0.4, 0.5) is 11.4 Å². The first-order valence-electron chi connectivity index (χ1n) is 16.6. The van der Waals surface area contributed by atoms with Crippen molar-refractivity contribution in [2.75, 3.05) is 24.7 Å². The van der Waals surface area contributed by atoms with Crippen molar-refractivity contribution in [2.24, 2.45) is 11.8 Å². The summed E-state index contributed by atoms with van der Waals surface area (Å²) in [5.74, 6) is 0.131. The first-order chi connectivity index (χ1) is 21.3. The third-order valence-corrected chi connectivity index (χ3v) is 11.6. The molecule has 2 N–H and O–H groups in total. The lowest BCUT2D eigenvalue weighted by Crippen LogP contribution is -2.50. The molecule has 0 saturated carbocycles.